The van der Waals surface area contributed by atoms with Gasteiger partial charge in [0, 0.05) is 22.0 Å². The summed E-state index contributed by atoms with van der Waals surface area (Å²) in [6, 6.07) is 22.7. The molecule has 5 rings (SSSR count). The van der Waals surface area contributed by atoms with Crippen LogP contribution < -0.4 is 0 Å². The van der Waals surface area contributed by atoms with E-state index in [1.807, 2.05) is 77.4 Å². The van der Waals surface area contributed by atoms with Crippen LogP contribution >= 0.6 is 34.8 Å². The molecular weight excluding hydrogens is 477 g/mol. The minimum absolute atomic E-state index is 0.395. The van der Waals surface area contributed by atoms with Crippen LogP contribution in [0.5, 0.6) is 0 Å². The minimum Gasteiger partial charge on any atom is -0.382 e. The average Bonchev–Trinajstić information content (AvgIpc) is 3.27. The number of rotatable bonds is 5. The molecule has 1 unspecified atom stereocenters. The molecule has 0 bridgehead atoms. The van der Waals surface area contributed by atoms with Gasteiger partial charge in [-0.1, -0.05) is 65.1 Å². The number of hydrogen-bond donors (Lipinski definition) is 1. The summed E-state index contributed by atoms with van der Waals surface area (Å²) in [5.41, 5.74) is 5.05. The summed E-state index contributed by atoms with van der Waals surface area (Å²) in [6.45, 7) is 0.571. The first-order chi connectivity index (χ1) is 16.0. The number of fused-ring (bicyclic) bond motifs is 1. The van der Waals surface area contributed by atoms with Crippen LogP contribution in [0, 0.1) is 0 Å². The fraction of sp³-hybridized carbons (Fsp3) is 0.0769. The average molecular weight is 495 g/mol. The van der Waals surface area contributed by atoms with Crippen molar-refractivity contribution in [2.24, 2.45) is 0 Å². The lowest BCUT2D eigenvalue weighted by atomic mass is 9.97. The zero-order valence-electron chi connectivity index (χ0n) is 17.3. The molecule has 33 heavy (non-hydrogen) atoms. The van der Waals surface area contributed by atoms with Crippen molar-refractivity contribution in [1.82, 2.24) is 14.5 Å². The molecule has 0 fully saturated rings. The van der Waals surface area contributed by atoms with Crippen LogP contribution in [0.3, 0.4) is 0 Å². The Bertz CT molecular complexity index is 1450. The number of halogens is 3. The Morgan fingerprint density at radius 2 is 1.70 bits per heavy atom. The highest BCUT2D eigenvalue weighted by Gasteiger charge is 2.18. The molecule has 0 saturated heterocycles. The van der Waals surface area contributed by atoms with Crippen LogP contribution in [0.4, 0.5) is 0 Å². The van der Waals surface area contributed by atoms with Gasteiger partial charge in [0.1, 0.15) is 11.3 Å². The van der Waals surface area contributed by atoms with Crippen molar-refractivity contribution in [2.45, 2.75) is 12.6 Å². The number of aliphatic hydroxyl groups is 1. The quantitative estimate of drug-likeness (QED) is 0.263. The predicted molar refractivity (Wildman–Crippen MR) is 134 cm³/mol. The fourth-order valence-electron chi connectivity index (χ4n) is 3.92. The summed E-state index contributed by atoms with van der Waals surface area (Å²) in [5.74, 6) is 0. The summed E-state index contributed by atoms with van der Waals surface area (Å²) in [7, 11) is 0. The second-order valence-electron chi connectivity index (χ2n) is 7.75. The lowest BCUT2D eigenvalue weighted by molar-refractivity contribution is 0.210. The van der Waals surface area contributed by atoms with Crippen molar-refractivity contribution < 1.29 is 5.11 Å². The van der Waals surface area contributed by atoms with E-state index in [0.29, 0.717) is 27.4 Å². The zero-order valence-corrected chi connectivity index (χ0v) is 19.6. The van der Waals surface area contributed by atoms with E-state index in [4.69, 9.17) is 34.8 Å². The van der Waals surface area contributed by atoms with E-state index in [-0.39, 0.29) is 0 Å². The molecule has 3 aromatic carbocycles. The van der Waals surface area contributed by atoms with Crippen molar-refractivity contribution in [3.63, 3.8) is 0 Å². The Morgan fingerprint density at radius 1 is 0.879 bits per heavy atom. The first kappa shape index (κ1) is 21.9. The molecule has 2 aromatic heterocycles. The van der Waals surface area contributed by atoms with Gasteiger partial charge in [0.05, 0.1) is 23.7 Å². The normalized spacial score (nSPS) is 12.2. The van der Waals surface area contributed by atoms with E-state index < -0.39 is 6.10 Å². The molecule has 0 saturated carbocycles. The van der Waals surface area contributed by atoms with Crippen molar-refractivity contribution in [3.8, 4) is 11.1 Å². The van der Waals surface area contributed by atoms with Gasteiger partial charge >= 0.3 is 0 Å². The SMILES string of the molecule is OC(c1ccc2nc(Cl)cc(-c3cccc(Cl)c3)c2c1)c1cncn1Cc1ccc(Cl)cc1. The van der Waals surface area contributed by atoms with E-state index in [0.717, 1.165) is 33.2 Å². The molecule has 0 aliphatic heterocycles. The number of benzene rings is 3. The number of nitrogens with zero attached hydrogens (tertiary/aromatic N) is 3. The third-order valence-corrected chi connectivity index (χ3v) is 6.22. The van der Waals surface area contributed by atoms with Gasteiger partial charge in [-0.25, -0.2) is 9.97 Å². The summed E-state index contributed by atoms with van der Waals surface area (Å²) >= 11 is 18.5. The number of aliphatic hydroxyl groups excluding tert-OH is 1. The van der Waals surface area contributed by atoms with Crippen LogP contribution in [-0.2, 0) is 6.54 Å². The third-order valence-electron chi connectivity index (χ3n) is 5.54. The van der Waals surface area contributed by atoms with Gasteiger partial charge in [-0.3, -0.25) is 0 Å². The van der Waals surface area contributed by atoms with Crippen LogP contribution in [0.25, 0.3) is 22.0 Å². The van der Waals surface area contributed by atoms with E-state index >= 15 is 0 Å². The molecule has 164 valence electrons. The Kier molecular flexibility index (Phi) is 6.09. The molecule has 0 aliphatic carbocycles. The second-order valence-corrected chi connectivity index (χ2v) is 9.02. The van der Waals surface area contributed by atoms with Gasteiger partial charge in [0.2, 0.25) is 0 Å². The van der Waals surface area contributed by atoms with E-state index in [2.05, 4.69) is 9.97 Å². The van der Waals surface area contributed by atoms with Crippen LogP contribution in [0.2, 0.25) is 15.2 Å². The highest BCUT2D eigenvalue weighted by atomic mass is 35.5. The molecule has 0 spiro atoms. The number of aromatic nitrogens is 3. The summed E-state index contributed by atoms with van der Waals surface area (Å²) < 4.78 is 1.93. The monoisotopic (exact) mass is 493 g/mol. The molecule has 7 heteroatoms. The van der Waals surface area contributed by atoms with Crippen molar-refractivity contribution in [1.29, 1.82) is 0 Å². The van der Waals surface area contributed by atoms with Gasteiger partial charge < -0.3 is 9.67 Å². The highest BCUT2D eigenvalue weighted by molar-refractivity contribution is 6.31. The predicted octanol–water partition coefficient (Wildman–Crippen LogP) is 7.19. The fourth-order valence-corrected chi connectivity index (χ4v) is 4.44. The van der Waals surface area contributed by atoms with Crippen LogP contribution in [0.15, 0.2) is 85.3 Å². The maximum absolute atomic E-state index is 11.3. The lowest BCUT2D eigenvalue weighted by Crippen LogP contribution is -2.09. The summed E-state index contributed by atoms with van der Waals surface area (Å²) in [5, 5.41) is 13.8. The topological polar surface area (TPSA) is 50.9 Å². The molecule has 1 N–H and O–H groups in total. The standard InChI is InChI=1S/C26H18Cl3N3O/c27-19-7-4-16(5-8-19)14-32-15-30-13-24(32)26(33)18-6-9-23-22(11-18)21(12-25(29)31-23)17-2-1-3-20(28)10-17/h1-13,15,26,33H,14H2. The summed E-state index contributed by atoms with van der Waals surface area (Å²) in [6.07, 6.45) is 2.53. The maximum Gasteiger partial charge on any atom is 0.130 e. The van der Waals surface area contributed by atoms with Crippen molar-refractivity contribution in [3.05, 3.63) is 117 Å². The minimum atomic E-state index is -0.868. The molecule has 2 heterocycles. The highest BCUT2D eigenvalue weighted by Crippen LogP contribution is 2.34. The van der Waals surface area contributed by atoms with Gasteiger partial charge in [0.25, 0.3) is 0 Å². The molecule has 0 amide bonds. The molecule has 4 nitrogen and oxygen atoms in total. The van der Waals surface area contributed by atoms with Gasteiger partial charge in [-0.2, -0.15) is 0 Å². The van der Waals surface area contributed by atoms with Crippen LogP contribution in [0.1, 0.15) is 22.9 Å². The van der Waals surface area contributed by atoms with E-state index in [1.54, 1.807) is 12.5 Å². The maximum atomic E-state index is 11.3. The number of imidazole rings is 1. The lowest BCUT2D eigenvalue weighted by Gasteiger charge is -2.16. The zero-order chi connectivity index (χ0) is 22.9. The third kappa shape index (κ3) is 4.61. The van der Waals surface area contributed by atoms with Gasteiger partial charge in [-0.15, -0.1) is 0 Å². The Hall–Kier alpha value is -2.89. The van der Waals surface area contributed by atoms with Crippen LogP contribution in [-0.4, -0.2) is 19.6 Å². The van der Waals surface area contributed by atoms with E-state index in [9.17, 15) is 5.11 Å². The largest absolute Gasteiger partial charge is 0.382 e. The molecule has 5 aromatic rings. The Morgan fingerprint density at radius 3 is 2.48 bits per heavy atom. The Balaban J connectivity index is 1.55. The van der Waals surface area contributed by atoms with Gasteiger partial charge in [-0.05, 0) is 64.7 Å². The molecule has 0 radical (unpaired) electrons. The molecule has 0 aliphatic rings. The number of pyridine rings is 1. The first-order valence-corrected chi connectivity index (χ1v) is 11.4. The summed E-state index contributed by atoms with van der Waals surface area (Å²) in [4.78, 5) is 8.71. The van der Waals surface area contributed by atoms with Gasteiger partial charge in [0.15, 0.2) is 0 Å². The number of hydrogen-bond acceptors (Lipinski definition) is 3. The second kappa shape index (κ2) is 9.16. The van der Waals surface area contributed by atoms with Crippen molar-refractivity contribution in [2.75, 3.05) is 0 Å². The first-order valence-electron chi connectivity index (χ1n) is 10.3. The van der Waals surface area contributed by atoms with Crippen molar-refractivity contribution >= 4 is 45.7 Å². The van der Waals surface area contributed by atoms with E-state index in [1.165, 1.54) is 0 Å². The Labute approximate surface area is 206 Å². The smallest absolute Gasteiger partial charge is 0.130 e. The molecule has 1 atom stereocenters. The molecular formula is C26H18Cl3N3O.